The predicted octanol–water partition coefficient (Wildman–Crippen LogP) is 2.39. The lowest BCUT2D eigenvalue weighted by atomic mass is 9.99. The number of pyridine rings is 1. The first kappa shape index (κ1) is 19.8. The Labute approximate surface area is 173 Å². The number of hydrogen-bond acceptors (Lipinski definition) is 6. The van der Waals surface area contributed by atoms with Crippen molar-refractivity contribution < 1.29 is 23.8 Å². The normalized spacial score (nSPS) is 17.6. The van der Waals surface area contributed by atoms with Gasteiger partial charge in [-0.1, -0.05) is 18.2 Å². The Hall–Kier alpha value is -3.49. The lowest BCUT2D eigenvalue weighted by Gasteiger charge is -2.38. The molecule has 30 heavy (non-hydrogen) atoms. The number of furan rings is 1. The van der Waals surface area contributed by atoms with Gasteiger partial charge in [0.2, 0.25) is 5.91 Å². The third-order valence-corrected chi connectivity index (χ3v) is 4.91. The summed E-state index contributed by atoms with van der Waals surface area (Å²) in [6, 6.07) is 15.0. The molecule has 0 aliphatic carbocycles. The van der Waals surface area contributed by atoms with E-state index in [1.807, 2.05) is 18.2 Å². The Kier molecular flexibility index (Phi) is 5.87. The fourth-order valence-corrected chi connectivity index (χ4v) is 3.34. The molecule has 8 nitrogen and oxygen atoms in total. The number of nitrogens with one attached hydrogen (secondary N) is 1. The van der Waals surface area contributed by atoms with Gasteiger partial charge in [-0.05, 0) is 42.0 Å². The molecule has 0 saturated carbocycles. The molecule has 2 aromatic heterocycles. The summed E-state index contributed by atoms with van der Waals surface area (Å²) in [4.78, 5) is 30.4. The Bertz CT molecular complexity index is 989. The molecule has 1 fully saturated rings. The smallest absolute Gasteiger partial charge is 0.291 e. The summed E-state index contributed by atoms with van der Waals surface area (Å²) < 4.78 is 10.5. The predicted molar refractivity (Wildman–Crippen MR) is 107 cm³/mol. The summed E-state index contributed by atoms with van der Waals surface area (Å²) in [5, 5.41) is 13.7. The minimum Gasteiger partial charge on any atom is -0.459 e. The summed E-state index contributed by atoms with van der Waals surface area (Å²) in [6.07, 6.45) is 2.15. The first-order valence-corrected chi connectivity index (χ1v) is 9.52. The number of aromatic nitrogens is 1. The van der Waals surface area contributed by atoms with Gasteiger partial charge in [-0.25, -0.2) is 0 Å². The van der Waals surface area contributed by atoms with Crippen molar-refractivity contribution in [3.63, 3.8) is 0 Å². The van der Waals surface area contributed by atoms with Crippen LogP contribution in [-0.4, -0.2) is 46.1 Å². The fourth-order valence-electron chi connectivity index (χ4n) is 3.34. The van der Waals surface area contributed by atoms with Crippen LogP contribution in [-0.2, 0) is 16.1 Å². The number of ether oxygens (including phenoxy) is 1. The minimum absolute atomic E-state index is 0.0200. The van der Waals surface area contributed by atoms with Crippen molar-refractivity contribution in [2.75, 3.05) is 18.5 Å². The summed E-state index contributed by atoms with van der Waals surface area (Å²) in [6.45, 7) is 0.493. The first-order valence-electron chi connectivity index (χ1n) is 9.52. The summed E-state index contributed by atoms with van der Waals surface area (Å²) in [7, 11) is 0. The fraction of sp³-hybridized carbons (Fsp3) is 0.227. The van der Waals surface area contributed by atoms with E-state index in [0.717, 1.165) is 5.69 Å². The number of carbonyl (C=O) groups excluding carboxylic acids is 2. The number of anilines is 1. The van der Waals surface area contributed by atoms with E-state index in [4.69, 9.17) is 9.15 Å². The zero-order valence-electron chi connectivity index (χ0n) is 16.1. The van der Waals surface area contributed by atoms with Crippen molar-refractivity contribution in [1.82, 2.24) is 9.88 Å². The minimum atomic E-state index is -0.951. The third-order valence-electron chi connectivity index (χ3n) is 4.91. The first-order chi connectivity index (χ1) is 14.6. The molecular weight excluding hydrogens is 386 g/mol. The quantitative estimate of drug-likeness (QED) is 0.650. The van der Waals surface area contributed by atoms with E-state index >= 15 is 0 Å². The molecule has 2 amide bonds. The van der Waals surface area contributed by atoms with Crippen LogP contribution in [0.15, 0.2) is 71.5 Å². The molecule has 3 heterocycles. The second-order valence-corrected chi connectivity index (χ2v) is 6.92. The van der Waals surface area contributed by atoms with Crippen LogP contribution in [0.2, 0.25) is 0 Å². The van der Waals surface area contributed by atoms with Crippen LogP contribution in [0, 0.1) is 0 Å². The SMILES string of the molecule is O=C(Nc1ccc([C@@H](O)[C@H]2COCC(=O)N2Cc2ccccn2)cc1)c1ccco1. The monoisotopic (exact) mass is 407 g/mol. The maximum Gasteiger partial charge on any atom is 0.291 e. The van der Waals surface area contributed by atoms with E-state index in [1.165, 1.54) is 6.26 Å². The third kappa shape index (κ3) is 4.40. The number of rotatable bonds is 6. The highest BCUT2D eigenvalue weighted by molar-refractivity contribution is 6.02. The second-order valence-electron chi connectivity index (χ2n) is 6.92. The lowest BCUT2D eigenvalue weighted by Crippen LogP contribution is -2.51. The molecule has 0 radical (unpaired) electrons. The van der Waals surface area contributed by atoms with E-state index in [-0.39, 0.29) is 30.8 Å². The number of morpholine rings is 1. The largest absolute Gasteiger partial charge is 0.459 e. The van der Waals surface area contributed by atoms with Crippen LogP contribution in [0.1, 0.15) is 27.9 Å². The van der Waals surface area contributed by atoms with Gasteiger partial charge in [0, 0.05) is 11.9 Å². The molecule has 3 aromatic rings. The Morgan fingerprint density at radius 2 is 2.03 bits per heavy atom. The lowest BCUT2D eigenvalue weighted by molar-refractivity contribution is -0.155. The van der Waals surface area contributed by atoms with E-state index in [1.54, 1.807) is 47.5 Å². The van der Waals surface area contributed by atoms with E-state index in [2.05, 4.69) is 10.3 Å². The van der Waals surface area contributed by atoms with Crippen molar-refractivity contribution in [3.05, 3.63) is 84.1 Å². The van der Waals surface area contributed by atoms with Crippen LogP contribution in [0.4, 0.5) is 5.69 Å². The Morgan fingerprint density at radius 1 is 1.20 bits per heavy atom. The van der Waals surface area contributed by atoms with Crippen molar-refractivity contribution >= 4 is 17.5 Å². The van der Waals surface area contributed by atoms with Crippen molar-refractivity contribution in [1.29, 1.82) is 0 Å². The van der Waals surface area contributed by atoms with Gasteiger partial charge in [-0.15, -0.1) is 0 Å². The summed E-state index contributed by atoms with van der Waals surface area (Å²) in [5.74, 6) is -0.346. The van der Waals surface area contributed by atoms with E-state index < -0.39 is 12.1 Å². The van der Waals surface area contributed by atoms with Crippen LogP contribution < -0.4 is 5.32 Å². The molecule has 4 rings (SSSR count). The summed E-state index contributed by atoms with van der Waals surface area (Å²) >= 11 is 0. The standard InChI is InChI=1S/C22H21N3O5/c26-20-14-29-13-18(25(20)12-17-4-1-2-10-23-17)21(27)15-6-8-16(9-7-15)24-22(28)19-5-3-11-30-19/h1-11,18,21,27H,12-14H2,(H,24,28)/t18-,21-/m1/s1. The van der Waals surface area contributed by atoms with Crippen molar-refractivity contribution in [2.45, 2.75) is 18.7 Å². The van der Waals surface area contributed by atoms with Crippen LogP contribution in [0.25, 0.3) is 0 Å². The molecule has 2 N–H and O–H groups in total. The number of benzene rings is 1. The van der Waals surface area contributed by atoms with Crippen LogP contribution >= 0.6 is 0 Å². The molecule has 1 saturated heterocycles. The van der Waals surface area contributed by atoms with E-state index in [0.29, 0.717) is 17.8 Å². The summed E-state index contributed by atoms with van der Waals surface area (Å²) in [5.41, 5.74) is 1.91. The molecule has 1 aliphatic rings. The topological polar surface area (TPSA) is 105 Å². The number of amides is 2. The van der Waals surface area contributed by atoms with E-state index in [9.17, 15) is 14.7 Å². The molecule has 0 bridgehead atoms. The van der Waals surface area contributed by atoms with Gasteiger partial charge in [0.05, 0.1) is 31.2 Å². The number of aliphatic hydroxyl groups excluding tert-OH is 1. The molecular formula is C22H21N3O5. The number of carbonyl (C=O) groups is 2. The molecule has 1 aliphatic heterocycles. The van der Waals surface area contributed by atoms with Gasteiger partial charge in [-0.2, -0.15) is 0 Å². The van der Waals surface area contributed by atoms with Gasteiger partial charge in [0.25, 0.3) is 5.91 Å². The Morgan fingerprint density at radius 3 is 2.73 bits per heavy atom. The number of nitrogens with zero attached hydrogens (tertiary/aromatic N) is 2. The molecule has 8 heteroatoms. The highest BCUT2D eigenvalue weighted by Gasteiger charge is 2.34. The maximum atomic E-state index is 12.4. The van der Waals surface area contributed by atoms with Crippen LogP contribution in [0.3, 0.4) is 0 Å². The van der Waals surface area contributed by atoms with Crippen molar-refractivity contribution in [3.8, 4) is 0 Å². The number of aliphatic hydroxyl groups is 1. The maximum absolute atomic E-state index is 12.4. The number of hydrogen-bond donors (Lipinski definition) is 2. The highest BCUT2D eigenvalue weighted by Crippen LogP contribution is 2.26. The van der Waals surface area contributed by atoms with Gasteiger partial charge in [-0.3, -0.25) is 14.6 Å². The zero-order valence-corrected chi connectivity index (χ0v) is 16.1. The molecule has 154 valence electrons. The van der Waals surface area contributed by atoms with Gasteiger partial charge in [0.1, 0.15) is 12.7 Å². The van der Waals surface area contributed by atoms with Gasteiger partial charge < -0.3 is 24.5 Å². The van der Waals surface area contributed by atoms with Gasteiger partial charge >= 0.3 is 0 Å². The molecule has 1 aromatic carbocycles. The second kappa shape index (κ2) is 8.89. The highest BCUT2D eigenvalue weighted by atomic mass is 16.5. The van der Waals surface area contributed by atoms with Crippen LogP contribution in [0.5, 0.6) is 0 Å². The molecule has 0 spiro atoms. The zero-order chi connectivity index (χ0) is 20.9. The van der Waals surface area contributed by atoms with Crippen molar-refractivity contribution in [2.24, 2.45) is 0 Å². The van der Waals surface area contributed by atoms with Gasteiger partial charge in [0.15, 0.2) is 5.76 Å². The molecule has 0 unspecified atom stereocenters. The Balaban J connectivity index is 1.47. The average molecular weight is 407 g/mol. The molecule has 2 atom stereocenters. The average Bonchev–Trinajstić information content (AvgIpc) is 3.31.